The molecule has 2 heterocycles. The fourth-order valence-corrected chi connectivity index (χ4v) is 6.60. The van der Waals surface area contributed by atoms with Crippen LogP contribution >= 0.6 is 0 Å². The van der Waals surface area contributed by atoms with Gasteiger partial charge in [0.25, 0.3) is 0 Å². The highest BCUT2D eigenvalue weighted by molar-refractivity contribution is 5.94. The zero-order valence-corrected chi connectivity index (χ0v) is 31.9. The van der Waals surface area contributed by atoms with E-state index in [1.54, 1.807) is 53.6 Å². The Balaban J connectivity index is 1.07. The van der Waals surface area contributed by atoms with Crippen molar-refractivity contribution in [1.82, 2.24) is 14.8 Å². The number of ether oxygens (including phenoxy) is 2. The standard InChI is InChI=1S/C41H48FN5O9/c1-5-45-22-31(39(51)52)37(49)30-20-32(42)34(21-33(30)45)46-15-17-47(18-16-46)41(54)56-24-28-11-13-29(14-12-28)43-38(50)26(4)19-35(48)36(25(2)3)44-40(53)55-23-27-9-7-6-8-10-27/h6-14,20-22,25-26,35-36,48H,5,15-19,23-24H2,1-4H3,(H,43,50)(H,44,53)(H,51,52)/t26-,35?,36+/m1/s1. The van der Waals surface area contributed by atoms with Crippen molar-refractivity contribution in [2.45, 2.75) is 66.0 Å². The monoisotopic (exact) mass is 773 g/mol. The number of aromatic nitrogens is 1. The molecule has 0 spiro atoms. The maximum absolute atomic E-state index is 15.3. The third-order valence-electron chi connectivity index (χ3n) is 9.85. The van der Waals surface area contributed by atoms with Crippen molar-refractivity contribution in [1.29, 1.82) is 0 Å². The van der Waals surface area contributed by atoms with Crippen LogP contribution in [0.3, 0.4) is 0 Å². The topological polar surface area (TPSA) is 180 Å². The van der Waals surface area contributed by atoms with Crippen LogP contribution in [0.15, 0.2) is 77.7 Å². The van der Waals surface area contributed by atoms with Crippen LogP contribution in [0.4, 0.5) is 25.4 Å². The molecule has 1 saturated heterocycles. The van der Waals surface area contributed by atoms with E-state index in [9.17, 15) is 34.2 Å². The third-order valence-corrected chi connectivity index (χ3v) is 9.85. The Kier molecular flexibility index (Phi) is 13.7. The zero-order chi connectivity index (χ0) is 40.5. The largest absolute Gasteiger partial charge is 0.477 e. The Morgan fingerprint density at radius 3 is 2.16 bits per heavy atom. The number of nitrogens with one attached hydrogen (secondary N) is 2. The summed E-state index contributed by atoms with van der Waals surface area (Å²) in [7, 11) is 0. The predicted octanol–water partition coefficient (Wildman–Crippen LogP) is 5.59. The maximum Gasteiger partial charge on any atom is 0.410 e. The predicted molar refractivity (Wildman–Crippen MR) is 208 cm³/mol. The van der Waals surface area contributed by atoms with E-state index >= 15 is 4.39 Å². The van der Waals surface area contributed by atoms with Gasteiger partial charge in [0.1, 0.15) is 24.6 Å². The Morgan fingerprint density at radius 1 is 0.893 bits per heavy atom. The first-order valence-corrected chi connectivity index (χ1v) is 18.6. The number of hydrogen-bond acceptors (Lipinski definition) is 9. The smallest absolute Gasteiger partial charge is 0.410 e. The average molecular weight is 774 g/mol. The number of aromatic carboxylic acids is 1. The van der Waals surface area contributed by atoms with Gasteiger partial charge in [-0.25, -0.2) is 18.8 Å². The minimum absolute atomic E-state index is 0.0137. The number of rotatable bonds is 14. The van der Waals surface area contributed by atoms with Gasteiger partial charge in [-0.15, -0.1) is 0 Å². The van der Waals surface area contributed by atoms with Crippen LogP contribution in [0.5, 0.6) is 0 Å². The van der Waals surface area contributed by atoms with E-state index in [1.165, 1.54) is 11.1 Å². The van der Waals surface area contributed by atoms with E-state index in [1.807, 2.05) is 44.2 Å². The summed E-state index contributed by atoms with van der Waals surface area (Å²) in [6.45, 7) is 8.80. The number of benzene rings is 3. The highest BCUT2D eigenvalue weighted by Gasteiger charge is 2.29. The highest BCUT2D eigenvalue weighted by atomic mass is 19.1. The van der Waals surface area contributed by atoms with E-state index in [-0.39, 0.29) is 55.6 Å². The minimum Gasteiger partial charge on any atom is -0.477 e. The SMILES string of the molecule is CCn1cc(C(=O)O)c(=O)c2cc(F)c(N3CCN(C(=O)OCc4ccc(NC(=O)[C@H](C)CC(O)[C@@H](NC(=O)OCc5ccccc5)C(C)C)cc4)CC3)cc21. The number of halogens is 1. The second-order valence-electron chi connectivity index (χ2n) is 14.2. The van der Waals surface area contributed by atoms with Gasteiger partial charge in [0.05, 0.1) is 23.3 Å². The number of aliphatic hydroxyl groups excluding tert-OH is 1. The van der Waals surface area contributed by atoms with Crippen molar-refractivity contribution in [3.63, 3.8) is 0 Å². The van der Waals surface area contributed by atoms with E-state index in [0.717, 1.165) is 11.6 Å². The summed E-state index contributed by atoms with van der Waals surface area (Å²) in [5.74, 6) is -3.06. The molecule has 3 amide bonds. The number of piperazine rings is 1. The molecule has 3 atom stereocenters. The van der Waals surface area contributed by atoms with E-state index < -0.39 is 53.0 Å². The van der Waals surface area contributed by atoms with Crippen molar-refractivity contribution in [2.75, 3.05) is 36.4 Å². The van der Waals surface area contributed by atoms with Crippen LogP contribution in [-0.4, -0.2) is 82.1 Å². The molecule has 0 saturated carbocycles. The molecule has 1 aliphatic heterocycles. The first kappa shape index (κ1) is 41.2. The second-order valence-corrected chi connectivity index (χ2v) is 14.2. The molecule has 0 bridgehead atoms. The maximum atomic E-state index is 15.3. The molecule has 1 aromatic heterocycles. The van der Waals surface area contributed by atoms with Gasteiger partial charge in [-0.1, -0.05) is 63.2 Å². The Hall–Kier alpha value is -5.96. The molecule has 3 aromatic carbocycles. The molecule has 5 rings (SSSR count). The molecule has 1 unspecified atom stereocenters. The lowest BCUT2D eigenvalue weighted by Gasteiger charge is -2.35. The van der Waals surface area contributed by atoms with Crippen molar-refractivity contribution in [2.24, 2.45) is 11.8 Å². The molecule has 0 aliphatic carbocycles. The zero-order valence-electron chi connectivity index (χ0n) is 31.9. The van der Waals surface area contributed by atoms with Crippen molar-refractivity contribution < 1.29 is 43.3 Å². The first-order chi connectivity index (χ1) is 26.7. The number of carbonyl (C=O) groups excluding carboxylic acids is 3. The van der Waals surface area contributed by atoms with Gasteiger partial charge in [0.15, 0.2) is 0 Å². The van der Waals surface area contributed by atoms with Crippen LogP contribution in [0.25, 0.3) is 10.9 Å². The van der Waals surface area contributed by atoms with Crippen LogP contribution in [0.2, 0.25) is 0 Å². The number of anilines is 2. The van der Waals surface area contributed by atoms with Gasteiger partial charge >= 0.3 is 18.2 Å². The number of carbonyl (C=O) groups is 4. The van der Waals surface area contributed by atoms with Gasteiger partial charge in [-0.05, 0) is 54.7 Å². The summed E-state index contributed by atoms with van der Waals surface area (Å²) in [5.41, 5.74) is 1.54. The summed E-state index contributed by atoms with van der Waals surface area (Å²) in [4.78, 5) is 65.9. The Bertz CT molecular complexity index is 2080. The first-order valence-electron chi connectivity index (χ1n) is 18.6. The molecule has 298 valence electrons. The number of hydrogen-bond donors (Lipinski definition) is 4. The van der Waals surface area contributed by atoms with Crippen LogP contribution in [-0.2, 0) is 34.0 Å². The normalized spacial score (nSPS) is 14.6. The number of nitrogens with zero attached hydrogens (tertiary/aromatic N) is 3. The lowest BCUT2D eigenvalue weighted by molar-refractivity contribution is -0.120. The fourth-order valence-electron chi connectivity index (χ4n) is 6.60. The molecular weight excluding hydrogens is 725 g/mol. The number of alkyl carbamates (subject to hydrolysis) is 1. The average Bonchev–Trinajstić information content (AvgIpc) is 3.19. The van der Waals surface area contributed by atoms with Crippen molar-refractivity contribution in [3.8, 4) is 0 Å². The molecular formula is C41H48FN5O9. The Morgan fingerprint density at radius 2 is 1.54 bits per heavy atom. The summed E-state index contributed by atoms with van der Waals surface area (Å²) >= 11 is 0. The quantitative estimate of drug-likeness (QED) is 0.126. The summed E-state index contributed by atoms with van der Waals surface area (Å²) in [6, 6.07) is 18.0. The molecule has 56 heavy (non-hydrogen) atoms. The van der Waals surface area contributed by atoms with Gasteiger partial charge in [0, 0.05) is 55.9 Å². The van der Waals surface area contributed by atoms with E-state index in [0.29, 0.717) is 36.4 Å². The van der Waals surface area contributed by atoms with Gasteiger partial charge in [0.2, 0.25) is 11.3 Å². The summed E-state index contributed by atoms with van der Waals surface area (Å²) < 4.78 is 27.7. The van der Waals surface area contributed by atoms with Crippen LogP contribution in [0, 0.1) is 17.7 Å². The number of carboxylic acid groups (broad SMARTS) is 1. The molecule has 4 N–H and O–H groups in total. The second kappa shape index (κ2) is 18.6. The van der Waals surface area contributed by atoms with E-state index in [4.69, 9.17) is 9.47 Å². The van der Waals surface area contributed by atoms with E-state index in [2.05, 4.69) is 10.6 Å². The molecule has 1 aliphatic rings. The van der Waals surface area contributed by atoms with Gasteiger partial charge < -0.3 is 44.7 Å². The molecule has 1 fully saturated rings. The molecule has 15 heteroatoms. The lowest BCUT2D eigenvalue weighted by atomic mass is 9.91. The number of fused-ring (bicyclic) bond motifs is 1. The number of pyridine rings is 1. The lowest BCUT2D eigenvalue weighted by Crippen LogP contribution is -2.49. The summed E-state index contributed by atoms with van der Waals surface area (Å²) in [6.07, 6.45) is -0.828. The molecule has 0 radical (unpaired) electrons. The summed E-state index contributed by atoms with van der Waals surface area (Å²) in [5, 5.41) is 25.9. The fraction of sp³-hybridized carbons (Fsp3) is 0.390. The van der Waals surface area contributed by atoms with Gasteiger partial charge in [-0.3, -0.25) is 9.59 Å². The van der Waals surface area contributed by atoms with Crippen LogP contribution in [0.1, 0.15) is 55.6 Å². The van der Waals surface area contributed by atoms with Crippen molar-refractivity contribution >= 4 is 46.3 Å². The number of amides is 3. The van der Waals surface area contributed by atoms with Crippen molar-refractivity contribution in [3.05, 3.63) is 106 Å². The Labute approximate surface area is 323 Å². The number of aliphatic hydroxyl groups is 1. The number of carboxylic acids is 1. The number of aryl methyl sites for hydroxylation is 1. The van der Waals surface area contributed by atoms with Crippen LogP contribution < -0.4 is 21.0 Å². The third kappa shape index (κ3) is 10.2. The minimum atomic E-state index is -1.38. The van der Waals surface area contributed by atoms with Gasteiger partial charge in [-0.2, -0.15) is 0 Å². The molecule has 14 nitrogen and oxygen atoms in total. The highest BCUT2D eigenvalue weighted by Crippen LogP contribution is 2.27. The molecule has 4 aromatic rings.